The monoisotopic (exact) mass is 358 g/mol. The third-order valence-electron chi connectivity index (χ3n) is 3.41. The van der Waals surface area contributed by atoms with Crippen molar-refractivity contribution < 1.29 is 27.9 Å². The van der Waals surface area contributed by atoms with E-state index in [2.05, 4.69) is 4.98 Å². The highest BCUT2D eigenvalue weighted by Gasteiger charge is 2.22. The van der Waals surface area contributed by atoms with E-state index in [1.165, 1.54) is 30.3 Å². The molecule has 8 nitrogen and oxygen atoms in total. The molecule has 3 rings (SSSR count). The molecule has 3 aromatic carbocycles. The minimum atomic E-state index is -4.36. The third kappa shape index (κ3) is 2.98. The molecule has 0 aromatic heterocycles. The highest BCUT2D eigenvalue weighted by atomic mass is 32.2. The van der Waals surface area contributed by atoms with E-state index in [9.17, 15) is 23.7 Å². The van der Waals surface area contributed by atoms with Gasteiger partial charge in [0.1, 0.15) is 22.1 Å². The Morgan fingerprint density at radius 1 is 1.00 bits per heavy atom. The van der Waals surface area contributed by atoms with Crippen LogP contribution in [-0.4, -0.2) is 18.6 Å². The van der Waals surface area contributed by atoms with Crippen LogP contribution in [0.4, 0.5) is 5.69 Å². The van der Waals surface area contributed by atoms with E-state index in [0.717, 1.165) is 18.2 Å². The van der Waals surface area contributed by atoms with Crippen LogP contribution < -0.4 is 9.29 Å². The topological polar surface area (TPSA) is 135 Å². The predicted octanol–water partition coefficient (Wildman–Crippen LogP) is 2.58. The van der Waals surface area contributed by atoms with Crippen molar-refractivity contribution in [1.29, 1.82) is 5.39 Å². The lowest BCUT2D eigenvalue weighted by molar-refractivity contribution is -0.264. The summed E-state index contributed by atoms with van der Waals surface area (Å²) >= 11 is 0. The van der Waals surface area contributed by atoms with Gasteiger partial charge in [-0.15, -0.1) is 0 Å². The Kier molecular flexibility index (Phi) is 3.82. The molecule has 0 aliphatic carbocycles. The summed E-state index contributed by atoms with van der Waals surface area (Å²) in [6.45, 7) is 0. The normalized spacial score (nSPS) is 11.2. The van der Waals surface area contributed by atoms with Crippen LogP contribution in [0.15, 0.2) is 53.4 Å². The maximum Gasteiger partial charge on any atom is 0.378 e. The van der Waals surface area contributed by atoms with Crippen molar-refractivity contribution in [3.63, 3.8) is 0 Å². The van der Waals surface area contributed by atoms with Crippen molar-refractivity contribution in [2.75, 3.05) is 0 Å². The second-order valence-electron chi connectivity index (χ2n) is 5.09. The average Bonchev–Trinajstić information content (AvgIpc) is 2.53. The average molecular weight is 358 g/mol. The SMILES string of the molecule is N#[N+]c1ccc2c(S(=O)(=O)Oc3cc(O)cc(O)c3)cccc2c1[O-]. The van der Waals surface area contributed by atoms with Crippen molar-refractivity contribution in [2.45, 2.75) is 4.90 Å². The zero-order valence-corrected chi connectivity index (χ0v) is 13.3. The Hall–Kier alpha value is -3.51. The van der Waals surface area contributed by atoms with Gasteiger partial charge >= 0.3 is 15.8 Å². The van der Waals surface area contributed by atoms with Gasteiger partial charge in [0, 0.05) is 29.7 Å². The summed E-state index contributed by atoms with van der Waals surface area (Å²) in [4.78, 5) is 2.57. The molecule has 0 aliphatic heterocycles. The van der Waals surface area contributed by atoms with Gasteiger partial charge in [-0.3, -0.25) is 0 Å². The molecule has 0 fully saturated rings. The second kappa shape index (κ2) is 5.85. The van der Waals surface area contributed by atoms with Crippen LogP contribution in [0.25, 0.3) is 15.7 Å². The van der Waals surface area contributed by atoms with E-state index in [0.29, 0.717) is 0 Å². The molecular weight excluding hydrogens is 348 g/mol. The number of rotatable bonds is 3. The molecule has 0 atom stereocenters. The molecule has 0 saturated heterocycles. The Morgan fingerprint density at radius 2 is 1.68 bits per heavy atom. The lowest BCUT2D eigenvalue weighted by Gasteiger charge is -2.12. The van der Waals surface area contributed by atoms with Gasteiger partial charge in [0.05, 0.1) is 0 Å². The van der Waals surface area contributed by atoms with Crippen LogP contribution in [0.5, 0.6) is 23.0 Å². The summed E-state index contributed by atoms with van der Waals surface area (Å²) in [6, 6.07) is 9.54. The minimum absolute atomic E-state index is 0.0405. The molecular formula is C16H10N2O6S. The van der Waals surface area contributed by atoms with Gasteiger partial charge in [0.2, 0.25) is 5.39 Å². The summed E-state index contributed by atoms with van der Waals surface area (Å²) in [6.07, 6.45) is 0. The van der Waals surface area contributed by atoms with Crippen molar-refractivity contribution in [3.8, 4) is 23.0 Å². The van der Waals surface area contributed by atoms with Gasteiger partial charge in [-0.05, 0) is 23.3 Å². The van der Waals surface area contributed by atoms with E-state index in [4.69, 9.17) is 9.58 Å². The molecule has 0 spiro atoms. The quantitative estimate of drug-likeness (QED) is 0.542. The predicted molar refractivity (Wildman–Crippen MR) is 85.7 cm³/mol. The number of nitrogens with zero attached hydrogens (tertiary/aromatic N) is 2. The maximum atomic E-state index is 12.5. The van der Waals surface area contributed by atoms with E-state index in [-0.39, 0.29) is 38.6 Å². The molecule has 126 valence electrons. The van der Waals surface area contributed by atoms with Gasteiger partial charge in [0.25, 0.3) is 0 Å². The minimum Gasteiger partial charge on any atom is -0.867 e. The molecule has 9 heteroatoms. The molecule has 3 aromatic rings. The number of diazo groups is 1. The Balaban J connectivity index is 2.15. The highest BCUT2D eigenvalue weighted by Crippen LogP contribution is 2.36. The maximum absolute atomic E-state index is 12.5. The molecule has 0 saturated carbocycles. The number of aromatic hydroxyl groups is 2. The van der Waals surface area contributed by atoms with Crippen molar-refractivity contribution in [1.82, 2.24) is 0 Å². The highest BCUT2D eigenvalue weighted by molar-refractivity contribution is 7.87. The number of phenols is 2. The first kappa shape index (κ1) is 16.4. The fourth-order valence-electron chi connectivity index (χ4n) is 2.37. The molecule has 0 amide bonds. The number of benzene rings is 3. The molecule has 0 unspecified atom stereocenters. The largest absolute Gasteiger partial charge is 0.867 e. The first-order chi connectivity index (χ1) is 11.8. The lowest BCUT2D eigenvalue weighted by atomic mass is 10.1. The van der Waals surface area contributed by atoms with Crippen LogP contribution in [0.3, 0.4) is 0 Å². The van der Waals surface area contributed by atoms with Crippen LogP contribution in [0.2, 0.25) is 0 Å². The third-order valence-corrected chi connectivity index (χ3v) is 4.72. The fraction of sp³-hybridized carbons (Fsp3) is 0. The summed E-state index contributed by atoms with van der Waals surface area (Å²) < 4.78 is 30.0. The number of fused-ring (bicyclic) bond motifs is 1. The molecule has 0 heterocycles. The lowest BCUT2D eigenvalue weighted by Crippen LogP contribution is -2.10. The second-order valence-corrected chi connectivity index (χ2v) is 6.60. The van der Waals surface area contributed by atoms with Gasteiger partial charge in [-0.2, -0.15) is 8.42 Å². The summed E-state index contributed by atoms with van der Waals surface area (Å²) in [5, 5.41) is 39.9. The Morgan fingerprint density at radius 3 is 2.32 bits per heavy atom. The van der Waals surface area contributed by atoms with E-state index in [1.807, 2.05) is 0 Å². The van der Waals surface area contributed by atoms with Gasteiger partial charge in [0.15, 0.2) is 4.98 Å². The van der Waals surface area contributed by atoms with Crippen LogP contribution in [-0.2, 0) is 10.1 Å². The van der Waals surface area contributed by atoms with E-state index in [1.54, 1.807) is 0 Å². The van der Waals surface area contributed by atoms with Gasteiger partial charge in [-0.25, -0.2) is 0 Å². The summed E-state index contributed by atoms with van der Waals surface area (Å²) in [5.74, 6) is -1.68. The standard InChI is InChI=1S/C16H10N2O6S/c17-18-14-5-4-12-13(16(14)21)2-1-3-15(12)25(22,23)24-11-7-9(19)6-10(20)8-11/h1-8H,(H2-,19,20,21). The Labute approximate surface area is 141 Å². The molecule has 25 heavy (non-hydrogen) atoms. The number of hydrogen-bond acceptors (Lipinski definition) is 7. The summed E-state index contributed by atoms with van der Waals surface area (Å²) in [7, 11) is -4.36. The fourth-order valence-corrected chi connectivity index (χ4v) is 3.51. The van der Waals surface area contributed by atoms with E-state index < -0.39 is 15.9 Å². The zero-order valence-electron chi connectivity index (χ0n) is 12.4. The van der Waals surface area contributed by atoms with Gasteiger partial charge in [-0.1, -0.05) is 12.1 Å². The van der Waals surface area contributed by atoms with E-state index >= 15 is 0 Å². The zero-order chi connectivity index (χ0) is 18.2. The first-order valence-corrected chi connectivity index (χ1v) is 8.28. The molecule has 0 radical (unpaired) electrons. The van der Waals surface area contributed by atoms with Crippen LogP contribution in [0, 0.1) is 5.39 Å². The molecule has 0 aliphatic rings. The van der Waals surface area contributed by atoms with Crippen molar-refractivity contribution >= 4 is 26.6 Å². The van der Waals surface area contributed by atoms with Gasteiger partial charge < -0.3 is 19.5 Å². The van der Waals surface area contributed by atoms with Crippen molar-refractivity contribution in [3.05, 3.63) is 53.5 Å². The Bertz CT molecular complexity index is 1120. The number of phenolic OH excluding ortho intramolecular Hbond substituents is 2. The summed E-state index contributed by atoms with van der Waals surface area (Å²) in [5.41, 5.74) is -0.221. The number of hydrogen-bond donors (Lipinski definition) is 2. The van der Waals surface area contributed by atoms with Crippen LogP contribution >= 0.6 is 0 Å². The molecule has 2 N–H and O–H groups in total. The smallest absolute Gasteiger partial charge is 0.378 e. The molecule has 0 bridgehead atoms. The van der Waals surface area contributed by atoms with Crippen molar-refractivity contribution in [2.24, 2.45) is 0 Å². The van der Waals surface area contributed by atoms with Crippen LogP contribution in [0.1, 0.15) is 0 Å². The first-order valence-electron chi connectivity index (χ1n) is 6.87.